The van der Waals surface area contributed by atoms with Crippen molar-refractivity contribution in [2.75, 3.05) is 39.3 Å². The van der Waals surface area contributed by atoms with Crippen LogP contribution < -0.4 is 10.5 Å². The van der Waals surface area contributed by atoms with Crippen LogP contribution in [0, 0.1) is 5.92 Å². The van der Waals surface area contributed by atoms with Crippen LogP contribution in [0.15, 0.2) is 35.1 Å². The Morgan fingerprint density at radius 2 is 2.00 bits per heavy atom. The van der Waals surface area contributed by atoms with Crippen molar-refractivity contribution in [2.45, 2.75) is 24.2 Å². The number of hydrogen-bond acceptors (Lipinski definition) is 6. The molecule has 154 valence electrons. The Morgan fingerprint density at radius 1 is 1.29 bits per heavy atom. The lowest BCUT2D eigenvalue weighted by Crippen LogP contribution is -2.48. The molecule has 2 saturated heterocycles. The van der Waals surface area contributed by atoms with Crippen molar-refractivity contribution >= 4 is 15.9 Å². The van der Waals surface area contributed by atoms with Crippen molar-refractivity contribution in [1.29, 1.82) is 0 Å². The number of aromatic nitrogens is 1. The third kappa shape index (κ3) is 4.50. The Morgan fingerprint density at radius 3 is 2.50 bits per heavy atom. The minimum Gasteiger partial charge on any atom is -0.473 e. The number of hydrogen-bond donors (Lipinski definition) is 1. The fourth-order valence-corrected chi connectivity index (χ4v) is 4.61. The van der Waals surface area contributed by atoms with Crippen LogP contribution in [-0.2, 0) is 14.8 Å². The molecule has 2 N–H and O–H groups in total. The maximum atomic E-state index is 12.8. The minimum absolute atomic E-state index is 0.0270. The highest BCUT2D eigenvalue weighted by atomic mass is 32.2. The molecule has 1 amide bonds. The van der Waals surface area contributed by atoms with Crippen LogP contribution in [0.2, 0.25) is 0 Å². The molecule has 0 aliphatic carbocycles. The molecule has 0 saturated carbocycles. The number of nitrogens with zero attached hydrogens (tertiary/aromatic N) is 3. The van der Waals surface area contributed by atoms with Gasteiger partial charge < -0.3 is 15.4 Å². The van der Waals surface area contributed by atoms with Crippen molar-refractivity contribution in [3.8, 4) is 5.88 Å². The summed E-state index contributed by atoms with van der Waals surface area (Å²) in [7, 11) is -3.68. The summed E-state index contributed by atoms with van der Waals surface area (Å²) in [4.78, 5) is 18.2. The summed E-state index contributed by atoms with van der Waals surface area (Å²) in [5, 5.41) is 0. The van der Waals surface area contributed by atoms with E-state index < -0.39 is 10.0 Å². The average molecular weight is 412 g/mol. The fraction of sp³-hybridized carbons (Fsp3) is 0.556. The molecule has 0 atom stereocenters. The first-order valence-corrected chi connectivity index (χ1v) is 10.8. The van der Waals surface area contributed by atoms with Gasteiger partial charge in [-0.1, -0.05) is 0 Å². The number of rotatable bonds is 7. The van der Waals surface area contributed by atoms with Gasteiger partial charge in [0.1, 0.15) is 11.5 Å². The van der Waals surface area contributed by atoms with Gasteiger partial charge in [-0.15, -0.1) is 0 Å². The lowest BCUT2D eigenvalue weighted by atomic mass is 9.95. The molecule has 8 nitrogen and oxygen atoms in total. The number of carbonyl (C=O) groups is 1. The molecular formula is C18H25FN4O4S. The van der Waals surface area contributed by atoms with Gasteiger partial charge in [-0.25, -0.2) is 17.8 Å². The molecule has 28 heavy (non-hydrogen) atoms. The van der Waals surface area contributed by atoms with Crippen molar-refractivity contribution in [2.24, 2.45) is 11.7 Å². The van der Waals surface area contributed by atoms with Gasteiger partial charge in [0, 0.05) is 50.3 Å². The number of sulfonamides is 1. The molecule has 3 rings (SSSR count). The molecule has 2 aliphatic heterocycles. The molecule has 0 aromatic carbocycles. The second kappa shape index (κ2) is 8.97. The van der Waals surface area contributed by atoms with Crippen molar-refractivity contribution in [3.63, 3.8) is 0 Å². The van der Waals surface area contributed by atoms with E-state index in [-0.39, 0.29) is 41.3 Å². The van der Waals surface area contributed by atoms with Gasteiger partial charge in [0.25, 0.3) is 0 Å². The quantitative estimate of drug-likeness (QED) is 0.713. The third-order valence-electron chi connectivity index (χ3n) is 5.14. The number of pyridine rings is 1. The number of likely N-dealkylation sites (tertiary alicyclic amines) is 1. The Hall–Kier alpha value is -2.04. The summed E-state index contributed by atoms with van der Waals surface area (Å²) in [5.74, 6) is 0.234. The number of nitrogens with two attached hydrogens (primary N) is 1. The van der Waals surface area contributed by atoms with E-state index >= 15 is 0 Å². The van der Waals surface area contributed by atoms with E-state index in [9.17, 15) is 17.6 Å². The zero-order chi connectivity index (χ0) is 20.1. The van der Waals surface area contributed by atoms with Crippen molar-refractivity contribution < 1.29 is 22.3 Å². The Kier molecular flexibility index (Phi) is 6.63. The average Bonchev–Trinajstić information content (AvgIpc) is 2.68. The van der Waals surface area contributed by atoms with Crippen molar-refractivity contribution in [3.05, 3.63) is 30.2 Å². The molecule has 0 bridgehead atoms. The highest BCUT2D eigenvalue weighted by molar-refractivity contribution is 7.89. The van der Waals surface area contributed by atoms with Gasteiger partial charge in [-0.3, -0.25) is 4.79 Å². The standard InChI is InChI=1S/C18H25FN4O4S/c19-10-14(11-20)13-27-17-3-2-16(12-21-17)28(25,26)23-8-4-15(5-9-23)18(24)22-6-1-7-22/h2-3,10,12,15H,1,4-9,11,13,20H2/b14-10+. The normalized spacial score (nSPS) is 19.4. The Balaban J connectivity index is 1.57. The smallest absolute Gasteiger partial charge is 0.244 e. The summed E-state index contributed by atoms with van der Waals surface area (Å²) in [6, 6.07) is 2.84. The van der Waals surface area contributed by atoms with Crippen molar-refractivity contribution in [1.82, 2.24) is 14.2 Å². The number of piperidine rings is 1. The highest BCUT2D eigenvalue weighted by Crippen LogP contribution is 2.26. The van der Waals surface area contributed by atoms with Gasteiger partial charge >= 0.3 is 0 Å². The van der Waals surface area contributed by atoms with Gasteiger partial charge in [0.05, 0.1) is 12.5 Å². The van der Waals surface area contributed by atoms with E-state index in [1.807, 2.05) is 4.90 Å². The molecule has 0 spiro atoms. The summed E-state index contributed by atoms with van der Waals surface area (Å²) < 4.78 is 44.8. The summed E-state index contributed by atoms with van der Waals surface area (Å²) >= 11 is 0. The van der Waals surface area contributed by atoms with E-state index in [1.54, 1.807) is 0 Å². The van der Waals surface area contributed by atoms with Crippen LogP contribution in [0.4, 0.5) is 4.39 Å². The maximum absolute atomic E-state index is 12.8. The third-order valence-corrected chi connectivity index (χ3v) is 7.02. The number of amides is 1. The maximum Gasteiger partial charge on any atom is 0.244 e. The molecule has 3 heterocycles. The van der Waals surface area contributed by atoms with E-state index in [0.717, 1.165) is 19.5 Å². The summed E-state index contributed by atoms with van der Waals surface area (Å²) in [5.41, 5.74) is 5.62. The first-order chi connectivity index (χ1) is 13.5. The van der Waals surface area contributed by atoms with Gasteiger partial charge in [-0.05, 0) is 25.3 Å². The first kappa shape index (κ1) is 20.7. The van der Waals surface area contributed by atoms with Crippen LogP contribution in [0.5, 0.6) is 5.88 Å². The van der Waals surface area contributed by atoms with Crippen LogP contribution >= 0.6 is 0 Å². The van der Waals surface area contributed by atoms with Gasteiger partial charge in [-0.2, -0.15) is 4.31 Å². The molecule has 0 radical (unpaired) electrons. The van der Waals surface area contributed by atoms with E-state index in [0.29, 0.717) is 32.3 Å². The molecule has 1 aromatic heterocycles. The van der Waals surface area contributed by atoms with E-state index in [2.05, 4.69) is 4.98 Å². The zero-order valence-corrected chi connectivity index (χ0v) is 16.4. The topological polar surface area (TPSA) is 106 Å². The molecular weight excluding hydrogens is 387 g/mol. The molecule has 2 fully saturated rings. The summed E-state index contributed by atoms with van der Waals surface area (Å²) in [6.07, 6.45) is 3.71. The molecule has 2 aliphatic rings. The van der Waals surface area contributed by atoms with Crippen LogP contribution in [0.3, 0.4) is 0 Å². The van der Waals surface area contributed by atoms with Gasteiger partial charge in [0.2, 0.25) is 21.8 Å². The Labute approximate surface area is 164 Å². The fourth-order valence-electron chi connectivity index (χ4n) is 3.19. The van der Waals surface area contributed by atoms with Crippen LogP contribution in [0.25, 0.3) is 0 Å². The SMILES string of the molecule is NC/C(=C\F)COc1ccc(S(=O)(=O)N2CCC(C(=O)N3CCC3)CC2)cn1. The number of halogens is 1. The monoisotopic (exact) mass is 412 g/mol. The second-order valence-electron chi connectivity index (χ2n) is 6.95. The van der Waals surface area contributed by atoms with E-state index in [1.165, 1.54) is 22.6 Å². The van der Waals surface area contributed by atoms with Crippen LogP contribution in [0.1, 0.15) is 19.3 Å². The highest BCUT2D eigenvalue weighted by Gasteiger charge is 2.35. The molecule has 0 unspecified atom stereocenters. The molecule has 1 aromatic rings. The lowest BCUT2D eigenvalue weighted by molar-refractivity contribution is -0.140. The number of ether oxygens (including phenoxy) is 1. The van der Waals surface area contributed by atoms with Gasteiger partial charge in [0.15, 0.2) is 0 Å². The van der Waals surface area contributed by atoms with E-state index in [4.69, 9.17) is 10.5 Å². The predicted octanol–water partition coefficient (Wildman–Crippen LogP) is 0.905. The molecule has 10 heteroatoms. The number of carbonyl (C=O) groups excluding carboxylic acids is 1. The lowest BCUT2D eigenvalue weighted by Gasteiger charge is -2.37. The Bertz CT molecular complexity index is 816. The first-order valence-electron chi connectivity index (χ1n) is 9.31. The summed E-state index contributed by atoms with van der Waals surface area (Å²) in [6.45, 7) is 2.22. The predicted molar refractivity (Wildman–Crippen MR) is 101 cm³/mol. The van der Waals surface area contributed by atoms with Crippen LogP contribution in [-0.4, -0.2) is 67.8 Å². The minimum atomic E-state index is -3.68. The largest absolute Gasteiger partial charge is 0.473 e. The second-order valence-corrected chi connectivity index (χ2v) is 8.89. The zero-order valence-electron chi connectivity index (χ0n) is 15.6.